The molecular formula is C9H13ClN2OS. The lowest BCUT2D eigenvalue weighted by atomic mass is 9.89. The Kier molecular flexibility index (Phi) is 3.26. The molecule has 0 unspecified atom stereocenters. The molecule has 5 heteroatoms. The number of nitrogens with zero attached hydrogens (tertiary/aromatic N) is 1. The maximum Gasteiger partial charge on any atom is 0.184 e. The molecule has 1 heterocycles. The summed E-state index contributed by atoms with van der Waals surface area (Å²) in [6.45, 7) is 2.84. The number of halogens is 1. The lowest BCUT2D eigenvalue weighted by Crippen LogP contribution is -2.40. The smallest absolute Gasteiger partial charge is 0.184 e. The number of aromatic nitrogens is 1. The standard InChI is InChI=1S/C9H13ClN2OS/c1-2-13-7-3-6(4-7)11-9-12-8(10)5-14-9/h5-7H,2-4H2,1H3,(H,11,12). The molecule has 78 valence electrons. The van der Waals surface area contributed by atoms with Crippen LogP contribution in [-0.4, -0.2) is 23.7 Å². The first kappa shape index (κ1) is 10.2. The molecule has 0 atom stereocenters. The average molecular weight is 233 g/mol. The first-order valence-electron chi connectivity index (χ1n) is 4.77. The molecule has 0 aromatic carbocycles. The van der Waals surface area contributed by atoms with Gasteiger partial charge in [-0.1, -0.05) is 11.6 Å². The van der Waals surface area contributed by atoms with Crippen molar-refractivity contribution in [1.29, 1.82) is 0 Å². The van der Waals surface area contributed by atoms with E-state index >= 15 is 0 Å². The van der Waals surface area contributed by atoms with E-state index in [1.54, 1.807) is 11.3 Å². The SMILES string of the molecule is CCOC1CC(Nc2nc(Cl)cs2)C1. The van der Waals surface area contributed by atoms with Crippen LogP contribution >= 0.6 is 22.9 Å². The number of ether oxygens (including phenoxy) is 1. The van der Waals surface area contributed by atoms with Crippen LogP contribution in [0.25, 0.3) is 0 Å². The summed E-state index contributed by atoms with van der Waals surface area (Å²) < 4.78 is 5.47. The van der Waals surface area contributed by atoms with Gasteiger partial charge in [-0.05, 0) is 19.8 Å². The number of rotatable bonds is 4. The van der Waals surface area contributed by atoms with Gasteiger partial charge in [-0.2, -0.15) is 0 Å². The zero-order valence-electron chi connectivity index (χ0n) is 8.00. The molecule has 0 radical (unpaired) electrons. The second kappa shape index (κ2) is 4.47. The van der Waals surface area contributed by atoms with Crippen LogP contribution in [0, 0.1) is 0 Å². The third-order valence-corrected chi connectivity index (χ3v) is 3.40. The van der Waals surface area contributed by atoms with Crippen LogP contribution in [0.2, 0.25) is 5.15 Å². The van der Waals surface area contributed by atoms with E-state index in [9.17, 15) is 0 Å². The first-order valence-corrected chi connectivity index (χ1v) is 6.03. The Morgan fingerprint density at radius 2 is 2.50 bits per heavy atom. The highest BCUT2D eigenvalue weighted by Gasteiger charge is 2.29. The van der Waals surface area contributed by atoms with Crippen molar-refractivity contribution in [3.8, 4) is 0 Å². The molecular weight excluding hydrogens is 220 g/mol. The van der Waals surface area contributed by atoms with Crippen LogP contribution in [0.3, 0.4) is 0 Å². The third-order valence-electron chi connectivity index (χ3n) is 2.30. The van der Waals surface area contributed by atoms with Crippen molar-refractivity contribution in [1.82, 2.24) is 4.98 Å². The number of hydrogen-bond donors (Lipinski definition) is 1. The fourth-order valence-corrected chi connectivity index (χ4v) is 2.47. The van der Waals surface area contributed by atoms with E-state index in [-0.39, 0.29) is 0 Å². The summed E-state index contributed by atoms with van der Waals surface area (Å²) in [6.07, 6.45) is 2.59. The largest absolute Gasteiger partial charge is 0.378 e. The Labute approximate surface area is 92.4 Å². The van der Waals surface area contributed by atoms with Crippen molar-refractivity contribution in [3.05, 3.63) is 10.5 Å². The second-order valence-electron chi connectivity index (χ2n) is 3.37. The first-order chi connectivity index (χ1) is 6.78. The predicted octanol–water partition coefficient (Wildman–Crippen LogP) is 2.78. The number of anilines is 1. The molecule has 0 bridgehead atoms. The highest BCUT2D eigenvalue weighted by atomic mass is 35.5. The van der Waals surface area contributed by atoms with Crippen molar-refractivity contribution in [2.75, 3.05) is 11.9 Å². The Bertz CT molecular complexity index is 299. The average Bonchev–Trinajstić information content (AvgIpc) is 2.48. The number of thiazole rings is 1. The molecule has 0 aliphatic heterocycles. The molecule has 1 aromatic heterocycles. The van der Waals surface area contributed by atoms with E-state index in [0.717, 1.165) is 24.6 Å². The van der Waals surface area contributed by atoms with Gasteiger partial charge in [-0.25, -0.2) is 4.98 Å². The van der Waals surface area contributed by atoms with Crippen molar-refractivity contribution < 1.29 is 4.74 Å². The highest BCUT2D eigenvalue weighted by Crippen LogP contribution is 2.28. The summed E-state index contributed by atoms with van der Waals surface area (Å²) in [5.41, 5.74) is 0. The van der Waals surface area contributed by atoms with E-state index < -0.39 is 0 Å². The molecule has 1 aliphatic carbocycles. The van der Waals surface area contributed by atoms with E-state index in [2.05, 4.69) is 10.3 Å². The number of hydrogen-bond acceptors (Lipinski definition) is 4. The predicted molar refractivity (Wildman–Crippen MR) is 59.2 cm³/mol. The molecule has 3 nitrogen and oxygen atoms in total. The van der Waals surface area contributed by atoms with Gasteiger partial charge in [0.15, 0.2) is 5.13 Å². The minimum absolute atomic E-state index is 0.438. The van der Waals surface area contributed by atoms with E-state index in [1.807, 2.05) is 12.3 Å². The zero-order valence-corrected chi connectivity index (χ0v) is 9.57. The molecule has 1 saturated carbocycles. The summed E-state index contributed by atoms with van der Waals surface area (Å²) in [6, 6.07) is 0.508. The Morgan fingerprint density at radius 3 is 3.07 bits per heavy atom. The fraction of sp³-hybridized carbons (Fsp3) is 0.667. The van der Waals surface area contributed by atoms with Gasteiger partial charge in [0, 0.05) is 18.0 Å². The van der Waals surface area contributed by atoms with Gasteiger partial charge in [0.25, 0.3) is 0 Å². The molecule has 1 aromatic rings. The van der Waals surface area contributed by atoms with Gasteiger partial charge in [-0.3, -0.25) is 0 Å². The van der Waals surface area contributed by atoms with Crippen LogP contribution in [0.4, 0.5) is 5.13 Å². The molecule has 1 aliphatic rings. The number of nitrogens with one attached hydrogen (secondary N) is 1. The minimum atomic E-state index is 0.438. The maximum atomic E-state index is 5.72. The van der Waals surface area contributed by atoms with Gasteiger partial charge in [0.1, 0.15) is 5.15 Å². The minimum Gasteiger partial charge on any atom is -0.378 e. The van der Waals surface area contributed by atoms with Crippen molar-refractivity contribution in [2.24, 2.45) is 0 Å². The quantitative estimate of drug-likeness (QED) is 0.867. The van der Waals surface area contributed by atoms with Gasteiger partial charge in [0.2, 0.25) is 0 Å². The van der Waals surface area contributed by atoms with Gasteiger partial charge < -0.3 is 10.1 Å². The van der Waals surface area contributed by atoms with E-state index in [1.165, 1.54) is 0 Å². The topological polar surface area (TPSA) is 34.1 Å². The van der Waals surface area contributed by atoms with Crippen molar-refractivity contribution in [3.63, 3.8) is 0 Å². The molecule has 1 N–H and O–H groups in total. The summed E-state index contributed by atoms with van der Waals surface area (Å²) in [4.78, 5) is 4.14. The summed E-state index contributed by atoms with van der Waals surface area (Å²) >= 11 is 7.26. The van der Waals surface area contributed by atoms with Gasteiger partial charge in [-0.15, -0.1) is 11.3 Å². The highest BCUT2D eigenvalue weighted by molar-refractivity contribution is 7.14. The Balaban J connectivity index is 1.74. The van der Waals surface area contributed by atoms with Crippen LogP contribution in [0.5, 0.6) is 0 Å². The Morgan fingerprint density at radius 1 is 1.71 bits per heavy atom. The molecule has 0 amide bonds. The lowest BCUT2D eigenvalue weighted by Gasteiger charge is -2.35. The van der Waals surface area contributed by atoms with Crippen LogP contribution in [0.15, 0.2) is 5.38 Å². The summed E-state index contributed by atoms with van der Waals surface area (Å²) in [5, 5.41) is 6.65. The fourth-order valence-electron chi connectivity index (χ4n) is 1.55. The van der Waals surface area contributed by atoms with Crippen LogP contribution in [0.1, 0.15) is 19.8 Å². The molecule has 1 fully saturated rings. The van der Waals surface area contributed by atoms with Crippen molar-refractivity contribution >= 4 is 28.1 Å². The molecule has 2 rings (SSSR count). The second-order valence-corrected chi connectivity index (χ2v) is 4.61. The van der Waals surface area contributed by atoms with Gasteiger partial charge >= 0.3 is 0 Å². The third kappa shape index (κ3) is 2.38. The lowest BCUT2D eigenvalue weighted by molar-refractivity contribution is 0.00299. The monoisotopic (exact) mass is 232 g/mol. The van der Waals surface area contributed by atoms with E-state index in [4.69, 9.17) is 16.3 Å². The van der Waals surface area contributed by atoms with Crippen molar-refractivity contribution in [2.45, 2.75) is 31.9 Å². The zero-order chi connectivity index (χ0) is 9.97. The normalized spacial score (nSPS) is 25.9. The molecule has 0 spiro atoms. The Hall–Kier alpha value is -0.320. The van der Waals surface area contributed by atoms with E-state index in [0.29, 0.717) is 17.3 Å². The molecule has 14 heavy (non-hydrogen) atoms. The maximum absolute atomic E-state index is 5.72. The summed E-state index contributed by atoms with van der Waals surface area (Å²) in [5.74, 6) is 0. The van der Waals surface area contributed by atoms with Crippen LogP contribution in [-0.2, 0) is 4.74 Å². The van der Waals surface area contributed by atoms with Crippen LogP contribution < -0.4 is 5.32 Å². The van der Waals surface area contributed by atoms with Gasteiger partial charge in [0.05, 0.1) is 6.10 Å². The molecule has 0 saturated heterocycles. The summed E-state index contributed by atoms with van der Waals surface area (Å²) in [7, 11) is 0.